The number of carbonyl (C=O) groups is 3. The minimum atomic E-state index is -0.790. The predicted octanol–water partition coefficient (Wildman–Crippen LogP) is 0.714. The highest BCUT2D eigenvalue weighted by atomic mass is 32.1. The van der Waals surface area contributed by atoms with Gasteiger partial charge in [0.2, 0.25) is 5.91 Å². The number of benzene rings is 1. The molecule has 2 aromatic rings. The summed E-state index contributed by atoms with van der Waals surface area (Å²) >= 11 is 1.29. The molecule has 0 radical (unpaired) electrons. The van der Waals surface area contributed by atoms with Crippen LogP contribution >= 0.6 is 11.5 Å². The molecule has 1 unspecified atom stereocenters. The second-order valence-electron chi connectivity index (χ2n) is 4.84. The van der Waals surface area contributed by atoms with E-state index in [0.29, 0.717) is 11.4 Å². The molecule has 6 nitrogen and oxygen atoms in total. The Balaban J connectivity index is 1.86. The molecule has 1 fully saturated rings. The summed E-state index contributed by atoms with van der Waals surface area (Å²) in [7, 11) is 0. The third-order valence-corrected chi connectivity index (χ3v) is 4.45. The summed E-state index contributed by atoms with van der Waals surface area (Å²) in [6.07, 6.45) is 0.0462. The van der Waals surface area contributed by atoms with Crippen LogP contribution in [0, 0.1) is 0 Å². The highest BCUT2D eigenvalue weighted by molar-refractivity contribution is 7.14. The van der Waals surface area contributed by atoms with Crippen molar-refractivity contribution in [3.05, 3.63) is 23.8 Å². The molecular formula is C13H9N3O3S. The number of nitrogens with zero attached hydrogens (tertiary/aromatic N) is 2. The van der Waals surface area contributed by atoms with Gasteiger partial charge in [-0.3, -0.25) is 19.3 Å². The van der Waals surface area contributed by atoms with Gasteiger partial charge in [-0.05, 0) is 23.7 Å². The largest absolute Gasteiger partial charge is 0.347 e. The second kappa shape index (κ2) is 3.86. The molecule has 1 atom stereocenters. The molecule has 0 bridgehead atoms. The Labute approximate surface area is 117 Å². The van der Waals surface area contributed by atoms with E-state index in [1.165, 1.54) is 16.4 Å². The summed E-state index contributed by atoms with van der Waals surface area (Å²) in [5.74, 6) is -0.132. The van der Waals surface area contributed by atoms with Crippen molar-refractivity contribution in [2.45, 2.75) is 12.5 Å². The van der Waals surface area contributed by atoms with Crippen LogP contribution in [0.4, 0.5) is 5.82 Å². The average Bonchev–Trinajstić information content (AvgIpc) is 2.98. The number of hydrogen-bond donors (Lipinski definition) is 1. The second-order valence-corrected chi connectivity index (χ2v) is 5.64. The van der Waals surface area contributed by atoms with Crippen molar-refractivity contribution in [3.63, 3.8) is 0 Å². The van der Waals surface area contributed by atoms with Gasteiger partial charge in [-0.15, -0.1) is 0 Å². The Kier molecular flexibility index (Phi) is 2.23. The summed E-state index contributed by atoms with van der Waals surface area (Å²) in [5, 5.41) is 3.31. The molecule has 1 saturated heterocycles. The third kappa shape index (κ3) is 1.38. The third-order valence-electron chi connectivity index (χ3n) is 3.65. The lowest BCUT2D eigenvalue weighted by atomic mass is 10.0. The van der Waals surface area contributed by atoms with E-state index in [2.05, 4.69) is 9.69 Å². The number of piperidine rings is 1. The Morgan fingerprint density at radius 1 is 1.30 bits per heavy atom. The van der Waals surface area contributed by atoms with Gasteiger partial charge in [0.05, 0.1) is 22.2 Å². The van der Waals surface area contributed by atoms with E-state index >= 15 is 0 Å². The number of amides is 2. The number of nitrogens with one attached hydrogen (secondary N) is 1. The Bertz CT molecular complexity index is 782. The van der Waals surface area contributed by atoms with Gasteiger partial charge in [-0.2, -0.15) is 4.37 Å². The molecule has 2 amide bonds. The van der Waals surface area contributed by atoms with Gasteiger partial charge in [0.15, 0.2) is 11.6 Å². The van der Waals surface area contributed by atoms with Crippen molar-refractivity contribution in [1.29, 1.82) is 0 Å². The van der Waals surface area contributed by atoms with Gasteiger partial charge in [0, 0.05) is 6.42 Å². The van der Waals surface area contributed by atoms with Gasteiger partial charge in [-0.25, -0.2) is 0 Å². The van der Waals surface area contributed by atoms with Gasteiger partial charge in [-0.1, -0.05) is 6.07 Å². The summed E-state index contributed by atoms with van der Waals surface area (Å²) in [6, 6.07) is 4.63. The maximum absolute atomic E-state index is 12.5. The highest BCUT2D eigenvalue weighted by Crippen LogP contribution is 2.40. The minimum Gasteiger partial charge on any atom is -0.347 e. The van der Waals surface area contributed by atoms with Crippen LogP contribution in [-0.2, 0) is 9.59 Å². The highest BCUT2D eigenvalue weighted by Gasteiger charge is 2.42. The van der Waals surface area contributed by atoms with Gasteiger partial charge >= 0.3 is 0 Å². The molecule has 3 heterocycles. The minimum absolute atomic E-state index is 0.0385. The number of ketones is 1. The van der Waals surface area contributed by atoms with Crippen LogP contribution in [0.5, 0.6) is 0 Å². The summed E-state index contributed by atoms with van der Waals surface area (Å²) in [4.78, 5) is 37.4. The number of aromatic nitrogens is 1. The van der Waals surface area contributed by atoms with Crippen LogP contribution < -0.4 is 10.2 Å². The zero-order valence-electron chi connectivity index (χ0n) is 10.3. The predicted molar refractivity (Wildman–Crippen MR) is 72.9 cm³/mol. The Morgan fingerprint density at radius 3 is 3.00 bits per heavy atom. The van der Waals surface area contributed by atoms with Gasteiger partial charge in [0.1, 0.15) is 6.04 Å². The number of Topliss-reactive ketones (excluding diaryl/α,β-unsaturated/α-hetero) is 1. The fourth-order valence-electron chi connectivity index (χ4n) is 2.73. The molecule has 4 rings (SSSR count). The first kappa shape index (κ1) is 11.5. The van der Waals surface area contributed by atoms with Crippen LogP contribution in [0.1, 0.15) is 16.8 Å². The van der Waals surface area contributed by atoms with Gasteiger partial charge < -0.3 is 5.32 Å². The maximum Gasteiger partial charge on any atom is 0.261 e. The first-order valence-corrected chi connectivity index (χ1v) is 6.95. The Hall–Kier alpha value is -2.28. The van der Waals surface area contributed by atoms with E-state index in [0.717, 1.165) is 10.1 Å². The lowest BCUT2D eigenvalue weighted by Gasteiger charge is -2.28. The number of rotatable bonds is 1. The van der Waals surface area contributed by atoms with Gasteiger partial charge in [0.25, 0.3) is 5.91 Å². The molecule has 7 heteroatoms. The van der Waals surface area contributed by atoms with E-state index in [1.54, 1.807) is 12.1 Å². The van der Waals surface area contributed by atoms with Crippen LogP contribution in [-0.4, -0.2) is 34.6 Å². The molecule has 20 heavy (non-hydrogen) atoms. The van der Waals surface area contributed by atoms with Crippen molar-refractivity contribution in [2.75, 3.05) is 11.4 Å². The molecule has 2 aliphatic rings. The van der Waals surface area contributed by atoms with E-state index in [-0.39, 0.29) is 30.6 Å². The molecule has 0 spiro atoms. The fourth-order valence-corrected chi connectivity index (χ4v) is 3.52. The van der Waals surface area contributed by atoms with Crippen LogP contribution in [0.3, 0.4) is 0 Å². The standard InChI is InChI=1S/C13H9N3O3S/c17-6-4-8(12(18)14-5-6)16-11-10-7(13(16)19)2-1-3-9(10)20-15-11/h1-3,8H,4-5H2,(H,14,18). The fraction of sp³-hybridized carbons (Fsp3) is 0.231. The normalized spacial score (nSPS) is 21.7. The zero-order chi connectivity index (χ0) is 13.9. The monoisotopic (exact) mass is 287 g/mol. The van der Waals surface area contributed by atoms with E-state index in [1.807, 2.05) is 6.07 Å². The number of carbonyl (C=O) groups excluding carboxylic acids is 3. The zero-order valence-corrected chi connectivity index (χ0v) is 11.1. The van der Waals surface area contributed by atoms with Crippen LogP contribution in [0.25, 0.3) is 10.1 Å². The molecule has 1 aromatic carbocycles. The van der Waals surface area contributed by atoms with Crippen molar-refractivity contribution < 1.29 is 14.4 Å². The van der Waals surface area contributed by atoms with Crippen molar-refractivity contribution in [2.24, 2.45) is 0 Å². The van der Waals surface area contributed by atoms with Crippen molar-refractivity contribution >= 4 is 45.0 Å². The van der Waals surface area contributed by atoms with Crippen LogP contribution in [0.15, 0.2) is 18.2 Å². The van der Waals surface area contributed by atoms with Crippen molar-refractivity contribution in [1.82, 2.24) is 9.69 Å². The lowest BCUT2D eigenvalue weighted by molar-refractivity contribution is -0.131. The molecule has 1 aromatic heterocycles. The van der Waals surface area contributed by atoms with E-state index in [9.17, 15) is 14.4 Å². The summed E-state index contributed by atoms with van der Waals surface area (Å²) < 4.78 is 5.20. The van der Waals surface area contributed by atoms with E-state index in [4.69, 9.17) is 0 Å². The average molecular weight is 287 g/mol. The lowest BCUT2D eigenvalue weighted by Crippen LogP contribution is -2.54. The van der Waals surface area contributed by atoms with E-state index < -0.39 is 6.04 Å². The smallest absolute Gasteiger partial charge is 0.261 e. The number of anilines is 1. The number of hydrogen-bond acceptors (Lipinski definition) is 5. The first-order chi connectivity index (χ1) is 9.66. The Morgan fingerprint density at radius 2 is 2.15 bits per heavy atom. The van der Waals surface area contributed by atoms with Crippen molar-refractivity contribution in [3.8, 4) is 0 Å². The SMILES string of the molecule is O=C1CNC(=O)C(N2C(=O)c3cccc4snc2c34)C1. The molecule has 2 aliphatic heterocycles. The quantitative estimate of drug-likeness (QED) is 0.838. The molecule has 0 aliphatic carbocycles. The summed E-state index contributed by atoms with van der Waals surface area (Å²) in [6.45, 7) is 0.0385. The molecule has 100 valence electrons. The topological polar surface area (TPSA) is 79.4 Å². The first-order valence-electron chi connectivity index (χ1n) is 6.18. The van der Waals surface area contributed by atoms with Crippen LogP contribution in [0.2, 0.25) is 0 Å². The summed E-state index contributed by atoms with van der Waals surface area (Å²) in [5.41, 5.74) is 0.553. The molecular weight excluding hydrogens is 278 g/mol. The maximum atomic E-state index is 12.5. The molecule has 0 saturated carbocycles. The molecule has 1 N–H and O–H groups in total.